The normalized spacial score (nSPS) is 8.50. The summed E-state index contributed by atoms with van der Waals surface area (Å²) in [6.07, 6.45) is 1.47. The molecule has 1 aromatic heterocycles. The van der Waals surface area contributed by atoms with Gasteiger partial charge in [0.2, 0.25) is 0 Å². The fourth-order valence-corrected chi connectivity index (χ4v) is 0.801. The number of rotatable bonds is 0. The van der Waals surface area contributed by atoms with Gasteiger partial charge in [-0.3, -0.25) is 4.98 Å². The Balaban J connectivity index is 3.05. The van der Waals surface area contributed by atoms with Gasteiger partial charge in [-0.05, 0) is 0 Å². The molecule has 1 rings (SSSR count). The highest BCUT2D eigenvalue weighted by Gasteiger charge is 1.92. The summed E-state index contributed by atoms with van der Waals surface area (Å²) in [6, 6.07) is 0. The molecule has 0 N–H and O–H groups in total. The molecule has 0 aliphatic rings. The molecule has 0 fully saturated rings. The molecule has 1 heterocycles. The largest absolute Gasteiger partial charge is 0.262 e. The SMILES string of the molecule is [C-]#[N+]c1cnc([CH])s1. The van der Waals surface area contributed by atoms with Crippen LogP contribution in [0.15, 0.2) is 6.20 Å². The Bertz CT molecular complexity index is 221. The number of hydrogen-bond acceptors (Lipinski definition) is 2. The second kappa shape index (κ2) is 1.93. The lowest BCUT2D eigenvalue weighted by molar-refractivity contribution is 1.37. The zero-order valence-electron chi connectivity index (χ0n) is 3.96. The number of aromatic nitrogens is 1. The van der Waals surface area contributed by atoms with E-state index in [9.17, 15) is 0 Å². The predicted octanol–water partition coefficient (Wildman–Crippen LogP) is 1.75. The van der Waals surface area contributed by atoms with Crippen LogP contribution in [0.2, 0.25) is 0 Å². The molecule has 0 saturated heterocycles. The van der Waals surface area contributed by atoms with Crippen LogP contribution in [0.4, 0.5) is 5.00 Å². The number of thiazole rings is 1. The van der Waals surface area contributed by atoms with Crippen molar-refractivity contribution in [2.75, 3.05) is 0 Å². The molecular formula is C5H2N2S. The lowest BCUT2D eigenvalue weighted by atomic mass is 10.8. The maximum Gasteiger partial charge on any atom is 0.260 e. The highest BCUT2D eigenvalue weighted by Crippen LogP contribution is 2.19. The Morgan fingerprint density at radius 2 is 2.62 bits per heavy atom. The van der Waals surface area contributed by atoms with Gasteiger partial charge in [0.05, 0.1) is 11.6 Å². The van der Waals surface area contributed by atoms with E-state index in [2.05, 4.69) is 9.83 Å². The first kappa shape index (κ1) is 5.26. The summed E-state index contributed by atoms with van der Waals surface area (Å²) in [5.74, 6) is 0. The van der Waals surface area contributed by atoms with Gasteiger partial charge in [0, 0.05) is 13.1 Å². The number of hydrogen-bond donors (Lipinski definition) is 0. The highest BCUT2D eigenvalue weighted by molar-refractivity contribution is 7.15. The lowest BCUT2D eigenvalue weighted by Gasteiger charge is -1.67. The van der Waals surface area contributed by atoms with Crippen LogP contribution in [-0.4, -0.2) is 4.98 Å². The van der Waals surface area contributed by atoms with Crippen molar-refractivity contribution in [2.45, 2.75) is 0 Å². The average Bonchev–Trinajstić information content (AvgIpc) is 2.14. The first-order chi connectivity index (χ1) is 3.83. The zero-order chi connectivity index (χ0) is 5.98. The van der Waals surface area contributed by atoms with Gasteiger partial charge in [-0.25, -0.2) is 4.85 Å². The smallest absolute Gasteiger partial charge is 0.260 e. The molecule has 38 valence electrons. The topological polar surface area (TPSA) is 17.2 Å². The Labute approximate surface area is 51.6 Å². The second-order valence-corrected chi connectivity index (χ2v) is 2.19. The summed E-state index contributed by atoms with van der Waals surface area (Å²) in [7, 11) is 0. The molecule has 0 saturated carbocycles. The predicted molar refractivity (Wildman–Crippen MR) is 31.8 cm³/mol. The molecule has 0 aliphatic carbocycles. The van der Waals surface area contributed by atoms with Gasteiger partial charge in [-0.15, -0.1) is 11.3 Å². The van der Waals surface area contributed by atoms with Crippen molar-refractivity contribution in [3.05, 3.63) is 29.5 Å². The molecule has 8 heavy (non-hydrogen) atoms. The van der Waals surface area contributed by atoms with Gasteiger partial charge in [-0.1, -0.05) is 0 Å². The van der Waals surface area contributed by atoms with Crippen molar-refractivity contribution < 1.29 is 0 Å². The Hall–Kier alpha value is -0.880. The minimum Gasteiger partial charge on any atom is -0.262 e. The Kier molecular flexibility index (Phi) is 1.27. The Morgan fingerprint density at radius 1 is 1.88 bits per heavy atom. The van der Waals surface area contributed by atoms with Crippen molar-refractivity contribution in [3.8, 4) is 0 Å². The van der Waals surface area contributed by atoms with Crippen LogP contribution < -0.4 is 0 Å². The van der Waals surface area contributed by atoms with Crippen LogP contribution in [-0.2, 0) is 0 Å². The summed E-state index contributed by atoms with van der Waals surface area (Å²) in [5, 5.41) is 0.999. The van der Waals surface area contributed by atoms with E-state index >= 15 is 0 Å². The van der Waals surface area contributed by atoms with Crippen LogP contribution in [0.3, 0.4) is 0 Å². The molecule has 0 spiro atoms. The third-order valence-electron chi connectivity index (χ3n) is 0.622. The molecule has 0 aliphatic heterocycles. The first-order valence-corrected chi connectivity index (χ1v) is 2.73. The summed E-state index contributed by atoms with van der Waals surface area (Å²) in [4.78, 5) is 6.79. The van der Waals surface area contributed by atoms with E-state index < -0.39 is 0 Å². The van der Waals surface area contributed by atoms with E-state index in [0.717, 1.165) is 0 Å². The molecule has 0 bridgehead atoms. The van der Waals surface area contributed by atoms with Crippen LogP contribution in [0.5, 0.6) is 0 Å². The third kappa shape index (κ3) is 0.849. The number of nitrogens with zero attached hydrogens (tertiary/aromatic N) is 2. The van der Waals surface area contributed by atoms with Gasteiger partial charge < -0.3 is 0 Å². The monoisotopic (exact) mass is 122 g/mol. The van der Waals surface area contributed by atoms with Gasteiger partial charge >= 0.3 is 0 Å². The highest BCUT2D eigenvalue weighted by atomic mass is 32.1. The van der Waals surface area contributed by atoms with Crippen molar-refractivity contribution in [2.24, 2.45) is 0 Å². The molecule has 2 nitrogen and oxygen atoms in total. The van der Waals surface area contributed by atoms with Gasteiger partial charge in [0.15, 0.2) is 0 Å². The van der Waals surface area contributed by atoms with Crippen LogP contribution in [0.1, 0.15) is 5.01 Å². The van der Waals surface area contributed by atoms with Gasteiger partial charge in [-0.2, -0.15) is 0 Å². The van der Waals surface area contributed by atoms with E-state index in [4.69, 9.17) is 13.5 Å². The first-order valence-electron chi connectivity index (χ1n) is 1.91. The van der Waals surface area contributed by atoms with E-state index in [-0.39, 0.29) is 0 Å². The van der Waals surface area contributed by atoms with Crippen LogP contribution in [0.25, 0.3) is 4.85 Å². The van der Waals surface area contributed by atoms with E-state index in [1.54, 1.807) is 0 Å². The van der Waals surface area contributed by atoms with Crippen molar-refractivity contribution in [3.63, 3.8) is 0 Å². The molecule has 0 atom stereocenters. The summed E-state index contributed by atoms with van der Waals surface area (Å²) in [5.41, 5.74) is 0. The molecule has 1 aromatic rings. The Morgan fingerprint density at radius 3 is 2.88 bits per heavy atom. The van der Waals surface area contributed by atoms with E-state index in [1.807, 2.05) is 0 Å². The zero-order valence-corrected chi connectivity index (χ0v) is 4.77. The molecule has 2 radical (unpaired) electrons. The van der Waals surface area contributed by atoms with E-state index in [1.165, 1.54) is 17.5 Å². The standard InChI is InChI=1S/C5H2N2S/c1-4-7-3-5(6-2)8-4/h1,3H. The fraction of sp³-hybridized carbons (Fsp3) is 0. The van der Waals surface area contributed by atoms with E-state index in [0.29, 0.717) is 10.0 Å². The summed E-state index contributed by atoms with van der Waals surface area (Å²) in [6.45, 7) is 11.7. The third-order valence-corrected chi connectivity index (χ3v) is 1.34. The molecule has 0 amide bonds. The van der Waals surface area contributed by atoms with Crippen molar-refractivity contribution in [1.29, 1.82) is 0 Å². The maximum atomic E-state index is 6.50. The molecule has 0 aromatic carbocycles. The van der Waals surface area contributed by atoms with Gasteiger partial charge in [0.25, 0.3) is 5.00 Å². The minimum atomic E-state index is 0.455. The minimum absolute atomic E-state index is 0.455. The van der Waals surface area contributed by atoms with Crippen molar-refractivity contribution in [1.82, 2.24) is 4.98 Å². The molecule has 3 heteroatoms. The lowest BCUT2D eigenvalue weighted by Crippen LogP contribution is -1.56. The summed E-state index contributed by atoms with van der Waals surface area (Å²) >= 11 is 1.20. The molecular weight excluding hydrogens is 120 g/mol. The average molecular weight is 122 g/mol. The second-order valence-electron chi connectivity index (χ2n) is 1.15. The van der Waals surface area contributed by atoms with Crippen molar-refractivity contribution >= 4 is 16.3 Å². The maximum absolute atomic E-state index is 6.50. The fourth-order valence-electron chi connectivity index (χ4n) is 0.330. The molecule has 0 unspecified atom stereocenters. The summed E-state index contributed by atoms with van der Waals surface area (Å²) < 4.78 is 0. The van der Waals surface area contributed by atoms with Crippen LogP contribution >= 0.6 is 11.3 Å². The van der Waals surface area contributed by atoms with Gasteiger partial charge in [0.1, 0.15) is 0 Å². The van der Waals surface area contributed by atoms with Crippen LogP contribution in [0, 0.1) is 13.5 Å². The quantitative estimate of drug-likeness (QED) is 0.479.